The number of hydrogen-bond acceptors (Lipinski definition) is 2. The smallest absolute Gasteiger partial charge is 0.254 e. The van der Waals surface area contributed by atoms with Gasteiger partial charge in [0.15, 0.2) is 0 Å². The Hall–Kier alpha value is -1.79. The summed E-state index contributed by atoms with van der Waals surface area (Å²) in [4.78, 5) is 14.8. The Balaban J connectivity index is 2.32. The second kappa shape index (κ2) is 6.78. The molecule has 1 aliphatic rings. The van der Waals surface area contributed by atoms with Gasteiger partial charge in [0.25, 0.3) is 5.91 Å². The fourth-order valence-electron chi connectivity index (χ4n) is 3.09. The van der Waals surface area contributed by atoms with Crippen LogP contribution in [0.5, 0.6) is 0 Å². The molecule has 112 valence electrons. The van der Waals surface area contributed by atoms with Crippen LogP contribution in [-0.2, 0) is 0 Å². The van der Waals surface area contributed by atoms with E-state index in [1.54, 1.807) is 0 Å². The number of aryl methyl sites for hydroxylation is 1. The number of hydrogen-bond donors (Lipinski definition) is 1. The van der Waals surface area contributed by atoms with Crippen molar-refractivity contribution in [3.05, 3.63) is 34.9 Å². The van der Waals surface area contributed by atoms with Gasteiger partial charge < -0.3 is 10.0 Å². The number of aliphatic hydroxyl groups is 1. The molecule has 1 aromatic rings. The lowest BCUT2D eigenvalue weighted by Crippen LogP contribution is -2.47. The van der Waals surface area contributed by atoms with E-state index in [1.807, 2.05) is 30.0 Å². The van der Waals surface area contributed by atoms with Gasteiger partial charge in [0.1, 0.15) is 6.61 Å². The van der Waals surface area contributed by atoms with E-state index < -0.39 is 0 Å². The molecule has 2 rings (SSSR count). The third kappa shape index (κ3) is 3.65. The summed E-state index contributed by atoms with van der Waals surface area (Å²) in [6.45, 7) is 6.03. The van der Waals surface area contributed by atoms with E-state index in [9.17, 15) is 4.79 Å². The van der Waals surface area contributed by atoms with Crippen LogP contribution in [0.25, 0.3) is 0 Å². The molecule has 0 radical (unpaired) electrons. The molecular formula is C18H23NO2. The van der Waals surface area contributed by atoms with E-state index >= 15 is 0 Å². The van der Waals surface area contributed by atoms with Gasteiger partial charge in [-0.25, -0.2) is 0 Å². The van der Waals surface area contributed by atoms with Crippen LogP contribution < -0.4 is 0 Å². The molecule has 0 aliphatic carbocycles. The van der Waals surface area contributed by atoms with Crippen molar-refractivity contribution in [3.8, 4) is 11.8 Å². The molecule has 0 saturated carbocycles. The van der Waals surface area contributed by atoms with E-state index in [0.717, 1.165) is 24.0 Å². The van der Waals surface area contributed by atoms with Crippen LogP contribution in [0.3, 0.4) is 0 Å². The highest BCUT2D eigenvalue weighted by atomic mass is 16.2. The molecule has 3 heteroatoms. The van der Waals surface area contributed by atoms with Crippen LogP contribution in [0, 0.1) is 18.8 Å². The summed E-state index contributed by atoms with van der Waals surface area (Å²) in [5, 5.41) is 8.80. The highest BCUT2D eigenvalue weighted by Gasteiger charge is 2.29. The fraction of sp³-hybridized carbons (Fsp3) is 0.500. The summed E-state index contributed by atoms with van der Waals surface area (Å²) in [6.07, 6.45) is 3.32. The molecule has 1 amide bonds. The first-order chi connectivity index (χ1) is 10.0. The maximum atomic E-state index is 12.8. The van der Waals surface area contributed by atoms with Crippen LogP contribution in [0.2, 0.25) is 0 Å². The van der Waals surface area contributed by atoms with Gasteiger partial charge in [0.2, 0.25) is 0 Å². The zero-order valence-corrected chi connectivity index (χ0v) is 13.0. The second-order valence-corrected chi connectivity index (χ2v) is 5.89. The van der Waals surface area contributed by atoms with Gasteiger partial charge in [0.05, 0.1) is 0 Å². The minimum atomic E-state index is -0.169. The number of piperidine rings is 1. The number of nitrogens with zero attached hydrogens (tertiary/aromatic N) is 1. The Morgan fingerprint density at radius 1 is 1.29 bits per heavy atom. The largest absolute Gasteiger partial charge is 0.384 e. The van der Waals surface area contributed by atoms with E-state index in [1.165, 1.54) is 6.42 Å². The fourth-order valence-corrected chi connectivity index (χ4v) is 3.09. The van der Waals surface area contributed by atoms with Crippen LogP contribution >= 0.6 is 0 Å². The minimum absolute atomic E-state index is 0.0884. The topological polar surface area (TPSA) is 40.5 Å². The predicted molar refractivity (Wildman–Crippen MR) is 84.1 cm³/mol. The quantitative estimate of drug-likeness (QED) is 0.806. The molecule has 0 unspecified atom stereocenters. The van der Waals surface area contributed by atoms with Gasteiger partial charge in [-0.2, -0.15) is 0 Å². The van der Waals surface area contributed by atoms with Gasteiger partial charge in [-0.1, -0.05) is 11.8 Å². The molecule has 3 nitrogen and oxygen atoms in total. The van der Waals surface area contributed by atoms with Gasteiger partial charge in [-0.05, 0) is 63.8 Å². The van der Waals surface area contributed by atoms with Gasteiger partial charge in [-0.15, -0.1) is 0 Å². The summed E-state index contributed by atoms with van der Waals surface area (Å²) >= 11 is 0. The number of aliphatic hydroxyl groups excluding tert-OH is 1. The molecule has 1 N–H and O–H groups in total. The first-order valence-electron chi connectivity index (χ1n) is 7.57. The lowest BCUT2D eigenvalue weighted by atomic mass is 9.95. The third-order valence-electron chi connectivity index (χ3n) is 4.06. The highest BCUT2D eigenvalue weighted by Crippen LogP contribution is 2.25. The normalized spacial score (nSPS) is 21.6. The first-order valence-corrected chi connectivity index (χ1v) is 7.57. The van der Waals surface area contributed by atoms with E-state index in [2.05, 4.69) is 25.7 Å². The Morgan fingerprint density at radius 2 is 1.95 bits per heavy atom. The van der Waals surface area contributed by atoms with Crippen molar-refractivity contribution in [1.29, 1.82) is 0 Å². The number of carbonyl (C=O) groups is 1. The number of benzene rings is 1. The van der Waals surface area contributed by atoms with Crippen molar-refractivity contribution < 1.29 is 9.90 Å². The summed E-state index contributed by atoms with van der Waals surface area (Å²) in [5.74, 6) is 5.61. The zero-order chi connectivity index (χ0) is 15.4. The van der Waals surface area contributed by atoms with Gasteiger partial charge >= 0.3 is 0 Å². The van der Waals surface area contributed by atoms with Gasteiger partial charge in [0, 0.05) is 23.2 Å². The minimum Gasteiger partial charge on any atom is -0.384 e. The molecule has 1 aliphatic heterocycles. The van der Waals surface area contributed by atoms with Crippen LogP contribution in [-0.4, -0.2) is 34.6 Å². The van der Waals surface area contributed by atoms with Crippen molar-refractivity contribution in [1.82, 2.24) is 4.90 Å². The molecule has 1 saturated heterocycles. The molecule has 1 fully saturated rings. The molecule has 1 heterocycles. The Morgan fingerprint density at radius 3 is 2.57 bits per heavy atom. The summed E-state index contributed by atoms with van der Waals surface area (Å²) in [7, 11) is 0. The lowest BCUT2D eigenvalue weighted by molar-refractivity contribution is 0.0510. The molecule has 0 bridgehead atoms. The van der Waals surface area contributed by atoms with Crippen molar-refractivity contribution >= 4 is 5.91 Å². The predicted octanol–water partition coefficient (Wildman–Crippen LogP) is 2.74. The van der Waals surface area contributed by atoms with Crippen molar-refractivity contribution in [2.45, 2.75) is 52.1 Å². The standard InChI is InChI=1S/C18H23NO2/c1-13-10-16(8-5-9-20)12-17(11-13)18(21)19-14(2)6-4-7-15(19)3/h10-12,14-15,20H,4,6-7,9H2,1-3H3/t14-,15+. The average molecular weight is 285 g/mol. The third-order valence-corrected chi connectivity index (χ3v) is 4.06. The Bertz CT molecular complexity index is 573. The molecule has 0 spiro atoms. The SMILES string of the molecule is Cc1cc(C#CCO)cc(C(=O)N2[C@H](C)CCC[C@@H]2C)c1. The molecule has 0 aromatic heterocycles. The molecular weight excluding hydrogens is 262 g/mol. The van der Waals surface area contributed by atoms with E-state index in [4.69, 9.17) is 5.11 Å². The van der Waals surface area contributed by atoms with E-state index in [-0.39, 0.29) is 24.6 Å². The molecule has 21 heavy (non-hydrogen) atoms. The number of amides is 1. The lowest BCUT2D eigenvalue weighted by Gasteiger charge is -2.39. The second-order valence-electron chi connectivity index (χ2n) is 5.89. The molecule has 2 atom stereocenters. The average Bonchev–Trinajstić information content (AvgIpc) is 2.44. The number of carbonyl (C=O) groups excluding carboxylic acids is 1. The summed E-state index contributed by atoms with van der Waals surface area (Å²) < 4.78 is 0. The number of likely N-dealkylation sites (tertiary alicyclic amines) is 1. The summed E-state index contributed by atoms with van der Waals surface area (Å²) in [6, 6.07) is 6.25. The Kier molecular flexibility index (Phi) is 5.03. The van der Waals surface area contributed by atoms with Crippen LogP contribution in [0.1, 0.15) is 54.6 Å². The van der Waals surface area contributed by atoms with Crippen LogP contribution in [0.15, 0.2) is 18.2 Å². The highest BCUT2D eigenvalue weighted by molar-refractivity contribution is 5.95. The maximum Gasteiger partial charge on any atom is 0.254 e. The van der Waals surface area contributed by atoms with Crippen LogP contribution in [0.4, 0.5) is 0 Å². The van der Waals surface area contributed by atoms with Crippen molar-refractivity contribution in [2.24, 2.45) is 0 Å². The number of rotatable bonds is 1. The molecule has 1 aromatic carbocycles. The zero-order valence-electron chi connectivity index (χ0n) is 13.0. The van der Waals surface area contributed by atoms with Crippen molar-refractivity contribution in [2.75, 3.05) is 6.61 Å². The van der Waals surface area contributed by atoms with E-state index in [0.29, 0.717) is 5.56 Å². The van der Waals surface area contributed by atoms with Gasteiger partial charge in [-0.3, -0.25) is 4.79 Å². The first kappa shape index (κ1) is 15.6. The maximum absolute atomic E-state index is 12.8. The summed E-state index contributed by atoms with van der Waals surface area (Å²) in [5.41, 5.74) is 2.49. The Labute approximate surface area is 127 Å². The monoisotopic (exact) mass is 285 g/mol. The van der Waals surface area contributed by atoms with Crippen molar-refractivity contribution in [3.63, 3.8) is 0 Å².